The van der Waals surface area contributed by atoms with Gasteiger partial charge in [0.1, 0.15) is 11.5 Å². The summed E-state index contributed by atoms with van der Waals surface area (Å²) in [6, 6.07) is 4.71. The van der Waals surface area contributed by atoms with Crippen LogP contribution in [0.3, 0.4) is 0 Å². The van der Waals surface area contributed by atoms with Gasteiger partial charge in [0.15, 0.2) is 11.6 Å². The van der Waals surface area contributed by atoms with Gasteiger partial charge in [0.2, 0.25) is 11.8 Å². The fourth-order valence-electron chi connectivity index (χ4n) is 6.16. The number of carbonyl (C=O) groups is 4. The third-order valence-electron chi connectivity index (χ3n) is 7.63. The molecule has 3 aliphatic carbocycles. The summed E-state index contributed by atoms with van der Waals surface area (Å²) in [5.41, 5.74) is 2.73. The van der Waals surface area contributed by atoms with Crippen LogP contribution in [-0.4, -0.2) is 47.0 Å². The van der Waals surface area contributed by atoms with Gasteiger partial charge in [-0.25, -0.2) is 0 Å². The molecule has 1 aliphatic heterocycles. The number of aromatic hydroxyl groups is 1. The molecule has 5 rings (SSSR count). The van der Waals surface area contributed by atoms with Crippen LogP contribution in [0.4, 0.5) is 0 Å². The summed E-state index contributed by atoms with van der Waals surface area (Å²) in [5.74, 6) is -2.27. The second-order valence-electron chi connectivity index (χ2n) is 9.48. The Balaban J connectivity index is 1.70. The number of Topliss-reactive ketones (excluding diaryl/α,β-unsaturated/α-hetero) is 1. The first kappa shape index (κ1) is 22.3. The van der Waals surface area contributed by atoms with Gasteiger partial charge >= 0.3 is 0 Å². The molecule has 0 saturated carbocycles. The number of likely N-dealkylation sites (tertiary alicyclic amines) is 1. The maximum Gasteiger partial charge on any atom is 0.233 e. The van der Waals surface area contributed by atoms with Crippen LogP contribution in [0.15, 0.2) is 52.6 Å². The number of allylic oxidation sites excluding steroid dienone is 6. The van der Waals surface area contributed by atoms with Crippen LogP contribution in [0, 0.1) is 17.8 Å². The van der Waals surface area contributed by atoms with Crippen molar-refractivity contribution in [3.05, 3.63) is 58.2 Å². The largest absolute Gasteiger partial charge is 0.508 e. The van der Waals surface area contributed by atoms with Gasteiger partial charge in [0.25, 0.3) is 0 Å². The molecular formula is C27H27NO6. The highest BCUT2D eigenvalue weighted by molar-refractivity contribution is 6.24. The molecule has 1 N–H and O–H groups in total. The second-order valence-corrected chi connectivity index (χ2v) is 9.48. The zero-order valence-electron chi connectivity index (χ0n) is 19.5. The molecule has 1 heterocycles. The number of ether oxygens (including phenoxy) is 1. The molecule has 1 fully saturated rings. The minimum absolute atomic E-state index is 0.0220. The molecule has 2 amide bonds. The first-order chi connectivity index (χ1) is 16.3. The number of imide groups is 1. The van der Waals surface area contributed by atoms with Crippen molar-refractivity contribution in [2.45, 2.75) is 39.0 Å². The van der Waals surface area contributed by atoms with Crippen LogP contribution in [0.5, 0.6) is 11.5 Å². The first-order valence-electron chi connectivity index (χ1n) is 11.7. The number of phenols is 1. The van der Waals surface area contributed by atoms with Crippen molar-refractivity contribution < 1.29 is 29.0 Å². The molecule has 4 aliphatic rings. The van der Waals surface area contributed by atoms with Crippen molar-refractivity contribution in [3.63, 3.8) is 0 Å². The first-order valence-corrected chi connectivity index (χ1v) is 11.7. The molecule has 0 aromatic heterocycles. The van der Waals surface area contributed by atoms with Gasteiger partial charge in [-0.1, -0.05) is 24.6 Å². The highest BCUT2D eigenvalue weighted by Gasteiger charge is 2.56. The lowest BCUT2D eigenvalue weighted by molar-refractivity contribution is -0.140. The van der Waals surface area contributed by atoms with E-state index in [-0.39, 0.29) is 41.5 Å². The van der Waals surface area contributed by atoms with E-state index < -0.39 is 17.8 Å². The van der Waals surface area contributed by atoms with Gasteiger partial charge in [-0.05, 0) is 44.2 Å². The SMILES string of the molecule is CCCN1C(=O)C2CC=C3C(c4ccc(O)cc4OC)C4=C(CC3C2C1=O)C(=O)C=C(C)C4=O. The molecule has 34 heavy (non-hydrogen) atoms. The number of carbonyl (C=O) groups excluding carboxylic acids is 4. The van der Waals surface area contributed by atoms with Crippen molar-refractivity contribution >= 4 is 23.4 Å². The predicted molar refractivity (Wildman–Crippen MR) is 123 cm³/mol. The topological polar surface area (TPSA) is 101 Å². The number of hydrogen-bond acceptors (Lipinski definition) is 6. The number of nitrogens with zero attached hydrogens (tertiary/aromatic N) is 1. The summed E-state index contributed by atoms with van der Waals surface area (Å²) in [5, 5.41) is 10.0. The Morgan fingerprint density at radius 2 is 1.88 bits per heavy atom. The van der Waals surface area contributed by atoms with Crippen LogP contribution >= 0.6 is 0 Å². The van der Waals surface area contributed by atoms with Crippen molar-refractivity contribution in [2.75, 3.05) is 13.7 Å². The van der Waals surface area contributed by atoms with E-state index in [1.807, 2.05) is 13.0 Å². The molecule has 1 aromatic rings. The quantitative estimate of drug-likeness (QED) is 0.420. The lowest BCUT2D eigenvalue weighted by atomic mass is 9.59. The predicted octanol–water partition coefficient (Wildman–Crippen LogP) is 3.24. The van der Waals surface area contributed by atoms with Gasteiger partial charge in [0, 0.05) is 40.8 Å². The van der Waals surface area contributed by atoms with Gasteiger partial charge in [-0.3, -0.25) is 24.1 Å². The molecule has 4 unspecified atom stereocenters. The summed E-state index contributed by atoms with van der Waals surface area (Å²) < 4.78 is 5.55. The average Bonchev–Trinajstić information content (AvgIpc) is 3.06. The average molecular weight is 462 g/mol. The van der Waals surface area contributed by atoms with E-state index in [9.17, 15) is 24.3 Å². The number of fused-ring (bicyclic) bond motifs is 3. The van der Waals surface area contributed by atoms with Crippen LogP contribution in [0.1, 0.15) is 44.6 Å². The molecule has 0 spiro atoms. The highest BCUT2D eigenvalue weighted by Crippen LogP contribution is 2.56. The number of hydrogen-bond donors (Lipinski definition) is 1. The lowest BCUT2D eigenvalue weighted by Gasteiger charge is -2.42. The Morgan fingerprint density at radius 1 is 1.12 bits per heavy atom. The summed E-state index contributed by atoms with van der Waals surface area (Å²) >= 11 is 0. The molecule has 4 atom stereocenters. The Labute approximate surface area is 197 Å². The van der Waals surface area contributed by atoms with Crippen LogP contribution < -0.4 is 4.74 Å². The molecule has 1 saturated heterocycles. The third kappa shape index (κ3) is 3.10. The number of ketones is 2. The van der Waals surface area contributed by atoms with E-state index in [0.717, 1.165) is 5.57 Å². The van der Waals surface area contributed by atoms with E-state index in [0.29, 0.717) is 47.4 Å². The fourth-order valence-corrected chi connectivity index (χ4v) is 6.16. The maximum absolute atomic E-state index is 13.4. The normalized spacial score (nSPS) is 28.4. The molecule has 7 heteroatoms. The smallest absolute Gasteiger partial charge is 0.233 e. The monoisotopic (exact) mass is 461 g/mol. The zero-order valence-corrected chi connectivity index (χ0v) is 19.5. The Kier molecular flexibility index (Phi) is 5.30. The summed E-state index contributed by atoms with van der Waals surface area (Å²) in [4.78, 5) is 54.3. The highest BCUT2D eigenvalue weighted by atomic mass is 16.5. The summed E-state index contributed by atoms with van der Waals surface area (Å²) in [6.07, 6.45) is 4.71. The van der Waals surface area contributed by atoms with Gasteiger partial charge in [-0.15, -0.1) is 0 Å². The molecule has 1 aromatic carbocycles. The fraction of sp³-hybridized carbons (Fsp3) is 0.407. The number of phenolic OH excluding ortho intramolecular Hbond substituents is 1. The minimum Gasteiger partial charge on any atom is -0.508 e. The standard InChI is InChI=1S/C27H27NO6/c1-4-9-28-26(32)17-8-7-15-18(23(17)27(28)33)12-19-20(30)10-13(2)25(31)24(19)22(15)16-6-5-14(29)11-21(16)34-3/h5-7,10-11,17-18,22-23,29H,4,8-9,12H2,1-3H3. The maximum atomic E-state index is 13.4. The van der Waals surface area contributed by atoms with Gasteiger partial charge < -0.3 is 9.84 Å². The van der Waals surface area contributed by atoms with Crippen molar-refractivity contribution in [3.8, 4) is 11.5 Å². The van der Waals surface area contributed by atoms with E-state index in [1.54, 1.807) is 13.0 Å². The van der Waals surface area contributed by atoms with E-state index >= 15 is 0 Å². The lowest BCUT2D eigenvalue weighted by Crippen LogP contribution is -2.40. The number of rotatable bonds is 4. The number of benzene rings is 1. The van der Waals surface area contributed by atoms with E-state index in [4.69, 9.17) is 4.74 Å². The van der Waals surface area contributed by atoms with Crippen LogP contribution in [0.25, 0.3) is 0 Å². The molecule has 0 radical (unpaired) electrons. The summed E-state index contributed by atoms with van der Waals surface area (Å²) in [7, 11) is 1.49. The van der Waals surface area contributed by atoms with Gasteiger partial charge in [-0.2, -0.15) is 0 Å². The Morgan fingerprint density at radius 3 is 2.59 bits per heavy atom. The Bertz CT molecular complexity index is 1240. The Hall–Kier alpha value is -3.48. The van der Waals surface area contributed by atoms with E-state index in [1.165, 1.54) is 30.2 Å². The second kappa shape index (κ2) is 8.08. The molecule has 7 nitrogen and oxygen atoms in total. The zero-order chi connectivity index (χ0) is 24.3. The molecule has 176 valence electrons. The summed E-state index contributed by atoms with van der Waals surface area (Å²) in [6.45, 7) is 3.95. The van der Waals surface area contributed by atoms with Crippen molar-refractivity contribution in [2.24, 2.45) is 17.8 Å². The van der Waals surface area contributed by atoms with Crippen molar-refractivity contribution in [1.82, 2.24) is 4.90 Å². The number of methoxy groups -OCH3 is 1. The number of amides is 2. The van der Waals surface area contributed by atoms with Crippen molar-refractivity contribution in [1.29, 1.82) is 0 Å². The third-order valence-corrected chi connectivity index (χ3v) is 7.63. The van der Waals surface area contributed by atoms with E-state index in [2.05, 4.69) is 0 Å². The minimum atomic E-state index is -0.589. The molecule has 0 bridgehead atoms. The van der Waals surface area contributed by atoms with Crippen LogP contribution in [-0.2, 0) is 19.2 Å². The molecular weight excluding hydrogens is 434 g/mol. The van der Waals surface area contributed by atoms with Gasteiger partial charge in [0.05, 0.1) is 18.9 Å². The van der Waals surface area contributed by atoms with Crippen LogP contribution in [0.2, 0.25) is 0 Å².